The minimum absolute atomic E-state index is 0.0788. The van der Waals surface area contributed by atoms with Gasteiger partial charge in [-0.25, -0.2) is 9.87 Å². The molecule has 3 atom stereocenters. The second-order valence-corrected chi connectivity index (χ2v) is 7.44. The van der Waals surface area contributed by atoms with Gasteiger partial charge < -0.3 is 14.9 Å². The first-order valence-electron chi connectivity index (χ1n) is 9.18. The molecule has 1 aliphatic rings. The molecule has 27 heavy (non-hydrogen) atoms. The van der Waals surface area contributed by atoms with E-state index in [4.69, 9.17) is 5.21 Å². The summed E-state index contributed by atoms with van der Waals surface area (Å²) in [6.07, 6.45) is -1.31. The highest BCUT2D eigenvalue weighted by atomic mass is 19.1. The van der Waals surface area contributed by atoms with Crippen LogP contribution in [0.25, 0.3) is 0 Å². The topological polar surface area (TPSA) is 93.1 Å². The van der Waals surface area contributed by atoms with Gasteiger partial charge in [0.25, 0.3) is 5.91 Å². The predicted molar refractivity (Wildman–Crippen MR) is 98.7 cm³/mol. The Morgan fingerprint density at radius 3 is 2.52 bits per heavy atom. The van der Waals surface area contributed by atoms with Crippen molar-refractivity contribution < 1.29 is 24.3 Å². The van der Waals surface area contributed by atoms with E-state index in [1.807, 2.05) is 25.7 Å². The Morgan fingerprint density at radius 1 is 1.30 bits per heavy atom. The van der Waals surface area contributed by atoms with Crippen LogP contribution in [0.4, 0.5) is 10.1 Å². The second kappa shape index (κ2) is 9.14. The highest BCUT2D eigenvalue weighted by Gasteiger charge is 2.38. The number of nitrogens with one attached hydrogen (secondary N) is 1. The molecule has 1 aromatic rings. The van der Waals surface area contributed by atoms with Gasteiger partial charge in [-0.2, -0.15) is 0 Å². The standard InChI is InChI=1S/C19H28FN3O4/c1-12(2)10-14(17(24)18(25)21-27)19(26)23-9-8-22(11-13(23)3)16-7-5-4-6-15(16)20/h4-7,12-14,17,24,27H,8-11H2,1-3H3,(H,21,25)/t13-,14+,17+/m1/s1. The van der Waals surface area contributed by atoms with Gasteiger partial charge >= 0.3 is 0 Å². The van der Waals surface area contributed by atoms with Gasteiger partial charge in [-0.3, -0.25) is 14.8 Å². The van der Waals surface area contributed by atoms with Crippen molar-refractivity contribution in [3.8, 4) is 0 Å². The molecular weight excluding hydrogens is 353 g/mol. The van der Waals surface area contributed by atoms with Crippen LogP contribution in [-0.4, -0.2) is 58.8 Å². The van der Waals surface area contributed by atoms with E-state index >= 15 is 0 Å². The van der Waals surface area contributed by atoms with Crippen LogP contribution >= 0.6 is 0 Å². The zero-order valence-electron chi connectivity index (χ0n) is 15.9. The molecule has 1 aromatic carbocycles. The number of aliphatic hydroxyl groups excluding tert-OH is 1. The maximum absolute atomic E-state index is 14.0. The van der Waals surface area contributed by atoms with Gasteiger partial charge in [-0.1, -0.05) is 26.0 Å². The number of para-hydroxylation sites is 1. The molecule has 0 saturated carbocycles. The molecule has 1 heterocycles. The number of carbonyl (C=O) groups is 2. The molecule has 8 heteroatoms. The van der Waals surface area contributed by atoms with Crippen molar-refractivity contribution in [3.63, 3.8) is 0 Å². The fraction of sp³-hybridized carbons (Fsp3) is 0.579. The highest BCUT2D eigenvalue weighted by molar-refractivity contribution is 5.89. The summed E-state index contributed by atoms with van der Waals surface area (Å²) in [7, 11) is 0. The van der Waals surface area contributed by atoms with Crippen molar-refractivity contribution in [2.24, 2.45) is 11.8 Å². The van der Waals surface area contributed by atoms with E-state index in [0.717, 1.165) is 0 Å². The van der Waals surface area contributed by atoms with E-state index in [9.17, 15) is 19.1 Å². The molecule has 3 N–H and O–H groups in total. The van der Waals surface area contributed by atoms with Gasteiger partial charge in [0.1, 0.15) is 11.9 Å². The first kappa shape index (κ1) is 21.1. The second-order valence-electron chi connectivity index (χ2n) is 7.44. The normalized spacial score (nSPS) is 19.7. The third kappa shape index (κ3) is 4.95. The molecule has 7 nitrogen and oxygen atoms in total. The summed E-state index contributed by atoms with van der Waals surface area (Å²) < 4.78 is 14.0. The van der Waals surface area contributed by atoms with Crippen molar-refractivity contribution in [2.75, 3.05) is 24.5 Å². The summed E-state index contributed by atoms with van der Waals surface area (Å²) in [5.74, 6) is -2.50. The van der Waals surface area contributed by atoms with E-state index in [1.54, 1.807) is 23.1 Å². The number of amides is 2. The molecule has 1 saturated heterocycles. The van der Waals surface area contributed by atoms with Crippen molar-refractivity contribution >= 4 is 17.5 Å². The number of nitrogens with zero attached hydrogens (tertiary/aromatic N) is 2. The number of rotatable bonds is 6. The smallest absolute Gasteiger partial charge is 0.272 e. The monoisotopic (exact) mass is 381 g/mol. The molecule has 150 valence electrons. The lowest BCUT2D eigenvalue weighted by Gasteiger charge is -2.42. The molecule has 0 bridgehead atoms. The Kier molecular flexibility index (Phi) is 7.15. The number of piperazine rings is 1. The van der Waals surface area contributed by atoms with Crippen LogP contribution in [0.5, 0.6) is 0 Å². The van der Waals surface area contributed by atoms with Gasteiger partial charge in [-0.05, 0) is 31.4 Å². The van der Waals surface area contributed by atoms with Gasteiger partial charge in [0, 0.05) is 25.7 Å². The minimum atomic E-state index is -1.62. The summed E-state index contributed by atoms with van der Waals surface area (Å²) >= 11 is 0. The SMILES string of the molecule is CC(C)C[C@H](C(=O)N1CCN(c2ccccc2F)C[C@H]1C)[C@H](O)C(=O)NO. The molecular formula is C19H28FN3O4. The maximum Gasteiger partial charge on any atom is 0.272 e. The summed E-state index contributed by atoms with van der Waals surface area (Å²) in [5.41, 5.74) is 1.91. The number of aliphatic hydroxyl groups is 1. The lowest BCUT2D eigenvalue weighted by molar-refractivity contribution is -0.152. The van der Waals surface area contributed by atoms with Crippen LogP contribution < -0.4 is 10.4 Å². The van der Waals surface area contributed by atoms with E-state index in [2.05, 4.69) is 0 Å². The average Bonchev–Trinajstić information content (AvgIpc) is 2.64. The van der Waals surface area contributed by atoms with E-state index in [-0.39, 0.29) is 23.7 Å². The third-order valence-corrected chi connectivity index (χ3v) is 4.91. The van der Waals surface area contributed by atoms with Crippen LogP contribution in [0.3, 0.4) is 0 Å². The van der Waals surface area contributed by atoms with Crippen molar-refractivity contribution in [3.05, 3.63) is 30.1 Å². The number of hydroxylamine groups is 1. The minimum Gasteiger partial charge on any atom is -0.382 e. The zero-order chi connectivity index (χ0) is 20.1. The average molecular weight is 381 g/mol. The van der Waals surface area contributed by atoms with Crippen LogP contribution in [-0.2, 0) is 9.59 Å². The fourth-order valence-corrected chi connectivity index (χ4v) is 3.55. The summed E-state index contributed by atoms with van der Waals surface area (Å²) in [4.78, 5) is 28.2. The van der Waals surface area contributed by atoms with Crippen LogP contribution in [0.15, 0.2) is 24.3 Å². The number of halogens is 1. The third-order valence-electron chi connectivity index (χ3n) is 4.91. The van der Waals surface area contributed by atoms with E-state index < -0.39 is 17.9 Å². The first-order chi connectivity index (χ1) is 12.8. The van der Waals surface area contributed by atoms with E-state index in [1.165, 1.54) is 11.5 Å². The molecule has 1 aliphatic heterocycles. The number of anilines is 1. The molecule has 0 spiro atoms. The Balaban J connectivity index is 2.13. The fourth-order valence-electron chi connectivity index (χ4n) is 3.55. The van der Waals surface area contributed by atoms with Crippen LogP contribution in [0.2, 0.25) is 0 Å². The first-order valence-corrected chi connectivity index (χ1v) is 9.18. The van der Waals surface area contributed by atoms with E-state index in [0.29, 0.717) is 31.7 Å². The lowest BCUT2D eigenvalue weighted by Crippen LogP contribution is -2.57. The highest BCUT2D eigenvalue weighted by Crippen LogP contribution is 2.25. The van der Waals surface area contributed by atoms with Crippen molar-refractivity contribution in [1.29, 1.82) is 0 Å². The Bertz CT molecular complexity index is 670. The molecule has 0 aliphatic carbocycles. The lowest BCUT2D eigenvalue weighted by atomic mass is 9.89. The summed E-state index contributed by atoms with van der Waals surface area (Å²) in [5, 5.41) is 19.0. The van der Waals surface area contributed by atoms with Gasteiger partial charge in [0.15, 0.2) is 0 Å². The Hall–Kier alpha value is -2.19. The maximum atomic E-state index is 14.0. The van der Waals surface area contributed by atoms with Crippen molar-refractivity contribution in [1.82, 2.24) is 10.4 Å². The number of carbonyl (C=O) groups excluding carboxylic acids is 2. The number of hydrogen-bond acceptors (Lipinski definition) is 5. The van der Waals surface area contributed by atoms with Gasteiger partial charge in [-0.15, -0.1) is 0 Å². The molecule has 0 aromatic heterocycles. The number of hydrogen-bond donors (Lipinski definition) is 3. The molecule has 2 rings (SSSR count). The largest absolute Gasteiger partial charge is 0.382 e. The van der Waals surface area contributed by atoms with Gasteiger partial charge in [0.2, 0.25) is 5.91 Å². The van der Waals surface area contributed by atoms with Gasteiger partial charge in [0.05, 0.1) is 11.6 Å². The molecule has 0 unspecified atom stereocenters. The molecule has 0 radical (unpaired) electrons. The quantitative estimate of drug-likeness (QED) is 0.512. The molecule has 2 amide bonds. The van der Waals surface area contributed by atoms with Crippen LogP contribution in [0, 0.1) is 17.7 Å². The zero-order valence-corrected chi connectivity index (χ0v) is 15.9. The predicted octanol–water partition coefficient (Wildman–Crippen LogP) is 1.39. The Labute approximate surface area is 158 Å². The van der Waals surface area contributed by atoms with Crippen LogP contribution in [0.1, 0.15) is 27.2 Å². The Morgan fingerprint density at radius 2 is 1.96 bits per heavy atom. The molecule has 1 fully saturated rings. The summed E-state index contributed by atoms with van der Waals surface area (Å²) in [6.45, 7) is 6.90. The number of benzene rings is 1. The van der Waals surface area contributed by atoms with Crippen molar-refractivity contribution in [2.45, 2.75) is 39.3 Å². The summed E-state index contributed by atoms with van der Waals surface area (Å²) in [6, 6.07) is 6.29.